The number of unbranched alkanes of at least 4 members (excludes halogenated alkanes) is 1. The van der Waals surface area contributed by atoms with E-state index in [4.69, 9.17) is 5.11 Å². The van der Waals surface area contributed by atoms with Crippen LogP contribution in [0.3, 0.4) is 0 Å². The van der Waals surface area contributed by atoms with Gasteiger partial charge in [0.2, 0.25) is 5.91 Å². The van der Waals surface area contributed by atoms with Gasteiger partial charge in [-0.05, 0) is 6.42 Å². The number of carbonyl (C=O) groups excluding carboxylic acids is 1. The second-order valence-corrected chi connectivity index (χ2v) is 3.63. The highest BCUT2D eigenvalue weighted by molar-refractivity contribution is 5.82. The van der Waals surface area contributed by atoms with Crippen molar-refractivity contribution in [3.8, 4) is 0 Å². The van der Waals surface area contributed by atoms with Crippen molar-refractivity contribution in [2.45, 2.75) is 33.1 Å². The summed E-state index contributed by atoms with van der Waals surface area (Å²) in [6.45, 7) is 3.70. The van der Waals surface area contributed by atoms with Crippen LogP contribution in [-0.4, -0.2) is 35.5 Å². The Morgan fingerprint density at radius 1 is 1.43 bits per heavy atom. The summed E-state index contributed by atoms with van der Waals surface area (Å²) in [4.78, 5) is 23.2. The molecule has 1 atom stereocenters. The second kappa shape index (κ2) is 6.40. The topological polar surface area (TPSA) is 57.6 Å². The summed E-state index contributed by atoms with van der Waals surface area (Å²) in [5, 5.41) is 8.50. The maximum Gasteiger partial charge on any atom is 0.323 e. The highest BCUT2D eigenvalue weighted by Gasteiger charge is 2.18. The molecular weight excluding hydrogens is 182 g/mol. The van der Waals surface area contributed by atoms with Crippen molar-refractivity contribution in [1.29, 1.82) is 0 Å². The highest BCUT2D eigenvalue weighted by Crippen LogP contribution is 2.10. The van der Waals surface area contributed by atoms with E-state index in [9.17, 15) is 9.59 Å². The van der Waals surface area contributed by atoms with Crippen LogP contribution in [0.4, 0.5) is 0 Å². The largest absolute Gasteiger partial charge is 0.480 e. The van der Waals surface area contributed by atoms with Gasteiger partial charge in [0.25, 0.3) is 0 Å². The van der Waals surface area contributed by atoms with Crippen molar-refractivity contribution in [1.82, 2.24) is 4.90 Å². The minimum atomic E-state index is -0.969. The van der Waals surface area contributed by atoms with Crippen LogP contribution >= 0.6 is 0 Å². The van der Waals surface area contributed by atoms with Crippen LogP contribution in [0, 0.1) is 5.92 Å². The van der Waals surface area contributed by atoms with E-state index < -0.39 is 5.97 Å². The van der Waals surface area contributed by atoms with E-state index in [2.05, 4.69) is 6.92 Å². The molecule has 4 nitrogen and oxygen atoms in total. The molecule has 82 valence electrons. The number of carbonyl (C=O) groups is 2. The SMILES string of the molecule is CCCCC(C)C(=O)N(C)CC(=O)O. The maximum absolute atomic E-state index is 11.5. The number of aliphatic carboxylic acids is 1. The molecule has 1 N–H and O–H groups in total. The van der Waals surface area contributed by atoms with Crippen molar-refractivity contribution >= 4 is 11.9 Å². The van der Waals surface area contributed by atoms with Gasteiger partial charge in [0, 0.05) is 13.0 Å². The fourth-order valence-corrected chi connectivity index (χ4v) is 1.29. The van der Waals surface area contributed by atoms with Crippen LogP contribution in [0.25, 0.3) is 0 Å². The van der Waals surface area contributed by atoms with Crippen LogP contribution in [0.5, 0.6) is 0 Å². The monoisotopic (exact) mass is 201 g/mol. The van der Waals surface area contributed by atoms with E-state index in [0.29, 0.717) is 0 Å². The standard InChI is InChI=1S/C10H19NO3/c1-4-5-6-8(2)10(14)11(3)7-9(12)13/h8H,4-7H2,1-3H3,(H,12,13). The zero-order valence-corrected chi connectivity index (χ0v) is 9.12. The van der Waals surface area contributed by atoms with E-state index in [1.54, 1.807) is 0 Å². The Labute approximate surface area is 84.9 Å². The molecule has 0 saturated heterocycles. The van der Waals surface area contributed by atoms with Gasteiger partial charge in [-0.3, -0.25) is 9.59 Å². The third kappa shape index (κ3) is 4.84. The van der Waals surface area contributed by atoms with Crippen molar-refractivity contribution < 1.29 is 14.7 Å². The molecule has 14 heavy (non-hydrogen) atoms. The summed E-state index contributed by atoms with van der Waals surface area (Å²) in [6.07, 6.45) is 2.90. The van der Waals surface area contributed by atoms with Gasteiger partial charge in [0.15, 0.2) is 0 Å². The molecule has 0 bridgehead atoms. The summed E-state index contributed by atoms with van der Waals surface area (Å²) in [6, 6.07) is 0. The fourth-order valence-electron chi connectivity index (χ4n) is 1.29. The number of amides is 1. The minimum Gasteiger partial charge on any atom is -0.480 e. The van der Waals surface area contributed by atoms with Crippen molar-refractivity contribution in [2.75, 3.05) is 13.6 Å². The van der Waals surface area contributed by atoms with Gasteiger partial charge in [-0.1, -0.05) is 26.7 Å². The summed E-state index contributed by atoms with van der Waals surface area (Å²) < 4.78 is 0. The number of nitrogens with zero attached hydrogens (tertiary/aromatic N) is 1. The summed E-state index contributed by atoms with van der Waals surface area (Å²) in [5.41, 5.74) is 0. The predicted octanol–water partition coefficient (Wildman–Crippen LogP) is 1.36. The normalized spacial score (nSPS) is 12.2. The van der Waals surface area contributed by atoms with E-state index in [1.165, 1.54) is 11.9 Å². The summed E-state index contributed by atoms with van der Waals surface area (Å²) >= 11 is 0. The molecule has 0 saturated carbocycles. The number of likely N-dealkylation sites (N-methyl/N-ethyl adjacent to an activating group) is 1. The Bertz CT molecular complexity index is 204. The van der Waals surface area contributed by atoms with E-state index in [1.807, 2.05) is 6.92 Å². The molecular formula is C10H19NO3. The molecule has 0 spiro atoms. The van der Waals surface area contributed by atoms with Crippen LogP contribution in [0.1, 0.15) is 33.1 Å². The van der Waals surface area contributed by atoms with Gasteiger partial charge in [-0.2, -0.15) is 0 Å². The highest BCUT2D eigenvalue weighted by atomic mass is 16.4. The maximum atomic E-state index is 11.5. The van der Waals surface area contributed by atoms with Crippen LogP contribution < -0.4 is 0 Å². The number of hydrogen-bond acceptors (Lipinski definition) is 2. The quantitative estimate of drug-likeness (QED) is 0.705. The van der Waals surface area contributed by atoms with Crippen LogP contribution in [0.15, 0.2) is 0 Å². The number of rotatable bonds is 6. The van der Waals surface area contributed by atoms with Gasteiger partial charge in [0.05, 0.1) is 0 Å². The van der Waals surface area contributed by atoms with Gasteiger partial charge in [-0.25, -0.2) is 0 Å². The Balaban J connectivity index is 3.97. The Morgan fingerprint density at radius 2 is 2.00 bits per heavy atom. The first-order valence-corrected chi connectivity index (χ1v) is 4.95. The minimum absolute atomic E-state index is 0.0701. The van der Waals surface area contributed by atoms with Crippen LogP contribution in [-0.2, 0) is 9.59 Å². The molecule has 0 aliphatic rings. The Hall–Kier alpha value is -1.06. The average molecular weight is 201 g/mol. The molecule has 0 fully saturated rings. The first kappa shape index (κ1) is 12.9. The third-order valence-electron chi connectivity index (χ3n) is 2.16. The molecule has 0 rings (SSSR count). The zero-order chi connectivity index (χ0) is 11.1. The third-order valence-corrected chi connectivity index (χ3v) is 2.16. The lowest BCUT2D eigenvalue weighted by atomic mass is 10.0. The van der Waals surface area contributed by atoms with E-state index >= 15 is 0 Å². The molecule has 0 aromatic rings. The van der Waals surface area contributed by atoms with E-state index in [0.717, 1.165) is 19.3 Å². The van der Waals surface area contributed by atoms with E-state index in [-0.39, 0.29) is 18.4 Å². The molecule has 0 aliphatic heterocycles. The molecule has 4 heteroatoms. The fraction of sp³-hybridized carbons (Fsp3) is 0.800. The van der Waals surface area contributed by atoms with Gasteiger partial charge >= 0.3 is 5.97 Å². The predicted molar refractivity (Wildman–Crippen MR) is 54.0 cm³/mol. The number of carboxylic acids is 1. The van der Waals surface area contributed by atoms with Gasteiger partial charge in [0.1, 0.15) is 6.54 Å². The smallest absolute Gasteiger partial charge is 0.323 e. The molecule has 0 aromatic carbocycles. The van der Waals surface area contributed by atoms with Crippen molar-refractivity contribution in [2.24, 2.45) is 5.92 Å². The Kier molecular flexibility index (Phi) is 5.92. The average Bonchev–Trinajstić information content (AvgIpc) is 2.11. The number of hydrogen-bond donors (Lipinski definition) is 1. The molecule has 0 aliphatic carbocycles. The zero-order valence-electron chi connectivity index (χ0n) is 9.12. The second-order valence-electron chi connectivity index (χ2n) is 3.63. The number of carboxylic acid groups (broad SMARTS) is 1. The molecule has 1 unspecified atom stereocenters. The summed E-state index contributed by atoms with van der Waals surface area (Å²) in [5.74, 6) is -1.12. The first-order valence-electron chi connectivity index (χ1n) is 4.95. The lowest BCUT2D eigenvalue weighted by Crippen LogP contribution is -2.35. The molecule has 0 heterocycles. The van der Waals surface area contributed by atoms with Crippen molar-refractivity contribution in [3.05, 3.63) is 0 Å². The summed E-state index contributed by atoms with van der Waals surface area (Å²) in [7, 11) is 1.53. The lowest BCUT2D eigenvalue weighted by molar-refractivity contribution is -0.145. The molecule has 0 aromatic heterocycles. The Morgan fingerprint density at radius 3 is 2.43 bits per heavy atom. The van der Waals surface area contributed by atoms with Gasteiger partial charge < -0.3 is 10.0 Å². The van der Waals surface area contributed by atoms with Crippen molar-refractivity contribution in [3.63, 3.8) is 0 Å². The first-order chi connectivity index (χ1) is 6.49. The van der Waals surface area contributed by atoms with Crippen LogP contribution in [0.2, 0.25) is 0 Å². The molecule has 1 amide bonds. The molecule has 0 radical (unpaired) electrons. The lowest BCUT2D eigenvalue weighted by Gasteiger charge is -2.19. The van der Waals surface area contributed by atoms with Gasteiger partial charge in [-0.15, -0.1) is 0 Å².